The summed E-state index contributed by atoms with van der Waals surface area (Å²) in [4.78, 5) is 1.02. The van der Waals surface area contributed by atoms with Crippen molar-refractivity contribution in [3.05, 3.63) is 41.0 Å². The summed E-state index contributed by atoms with van der Waals surface area (Å²) in [6, 6.07) is 6.62. The lowest BCUT2D eigenvalue weighted by atomic mass is 10.1. The van der Waals surface area contributed by atoms with Gasteiger partial charge in [-0.05, 0) is 42.3 Å². The summed E-state index contributed by atoms with van der Waals surface area (Å²) in [6.45, 7) is 0.814. The number of nitrogens with one attached hydrogen (secondary N) is 1. The molecule has 1 N–H and O–H groups in total. The van der Waals surface area contributed by atoms with Crippen LogP contribution >= 0.6 is 11.3 Å². The van der Waals surface area contributed by atoms with Crippen LogP contribution in [-0.4, -0.2) is 14.2 Å². The molecule has 0 amide bonds. The smallest absolute Gasteiger partial charge is 0.127 e. The summed E-state index contributed by atoms with van der Waals surface area (Å²) in [5.41, 5.74) is 2.00. The second-order valence-electron chi connectivity index (χ2n) is 3.69. The first-order valence-electron chi connectivity index (χ1n) is 5.30. The summed E-state index contributed by atoms with van der Waals surface area (Å²) in [5.74, 6) is 0.452. The molecule has 1 aromatic heterocycles. The fourth-order valence-corrected chi connectivity index (χ4v) is 2.62. The minimum Gasteiger partial charge on any atom is -0.496 e. The van der Waals surface area contributed by atoms with Crippen LogP contribution in [0.5, 0.6) is 5.75 Å². The minimum atomic E-state index is -0.246. The molecule has 0 saturated carbocycles. The highest BCUT2D eigenvalue weighted by Crippen LogP contribution is 2.34. The van der Waals surface area contributed by atoms with E-state index in [1.807, 2.05) is 7.05 Å². The average molecular weight is 251 g/mol. The van der Waals surface area contributed by atoms with Gasteiger partial charge < -0.3 is 10.1 Å². The highest BCUT2D eigenvalue weighted by molar-refractivity contribution is 7.13. The van der Waals surface area contributed by atoms with E-state index in [1.165, 1.54) is 17.7 Å². The molecule has 0 radical (unpaired) electrons. The maximum absolute atomic E-state index is 13.3. The Balaban J connectivity index is 2.40. The predicted molar refractivity (Wildman–Crippen MR) is 69.0 cm³/mol. The summed E-state index contributed by atoms with van der Waals surface area (Å²) in [6.07, 6.45) is 0. The molecular formula is C13H14FNOS. The van der Waals surface area contributed by atoms with E-state index in [2.05, 4.69) is 16.8 Å². The molecule has 0 spiro atoms. The Kier molecular flexibility index (Phi) is 3.76. The molecule has 0 aliphatic heterocycles. The van der Waals surface area contributed by atoms with E-state index in [1.54, 1.807) is 24.5 Å². The summed E-state index contributed by atoms with van der Waals surface area (Å²) in [7, 11) is 3.50. The molecule has 0 fully saturated rings. The van der Waals surface area contributed by atoms with Crippen molar-refractivity contribution in [3.8, 4) is 16.2 Å². The first kappa shape index (κ1) is 12.1. The van der Waals surface area contributed by atoms with Gasteiger partial charge in [0.25, 0.3) is 0 Å². The molecule has 0 unspecified atom stereocenters. The maximum Gasteiger partial charge on any atom is 0.127 e. The van der Waals surface area contributed by atoms with E-state index in [0.29, 0.717) is 5.75 Å². The van der Waals surface area contributed by atoms with Crippen molar-refractivity contribution in [1.29, 1.82) is 0 Å². The summed E-state index contributed by atoms with van der Waals surface area (Å²) < 4.78 is 18.5. The van der Waals surface area contributed by atoms with Gasteiger partial charge in [0.2, 0.25) is 0 Å². The number of methoxy groups -OCH3 is 1. The van der Waals surface area contributed by atoms with Crippen LogP contribution in [0.2, 0.25) is 0 Å². The summed E-state index contributed by atoms with van der Waals surface area (Å²) in [5, 5.41) is 5.16. The molecule has 2 aromatic rings. The van der Waals surface area contributed by atoms with Crippen molar-refractivity contribution in [2.75, 3.05) is 14.2 Å². The van der Waals surface area contributed by atoms with Crippen LogP contribution in [0, 0.1) is 5.82 Å². The van der Waals surface area contributed by atoms with E-state index >= 15 is 0 Å². The van der Waals surface area contributed by atoms with E-state index in [9.17, 15) is 4.39 Å². The third kappa shape index (κ3) is 2.65. The number of rotatable bonds is 4. The van der Waals surface area contributed by atoms with Crippen molar-refractivity contribution in [2.24, 2.45) is 0 Å². The van der Waals surface area contributed by atoms with Crippen molar-refractivity contribution in [3.63, 3.8) is 0 Å². The van der Waals surface area contributed by atoms with Crippen molar-refractivity contribution >= 4 is 11.3 Å². The predicted octanol–water partition coefficient (Wildman–Crippen LogP) is 3.28. The van der Waals surface area contributed by atoms with Crippen LogP contribution < -0.4 is 10.1 Å². The van der Waals surface area contributed by atoms with E-state index < -0.39 is 0 Å². The first-order valence-corrected chi connectivity index (χ1v) is 6.18. The van der Waals surface area contributed by atoms with Gasteiger partial charge in [-0.1, -0.05) is 0 Å². The maximum atomic E-state index is 13.3. The molecule has 0 bridgehead atoms. The fourth-order valence-electron chi connectivity index (χ4n) is 1.69. The molecule has 2 nitrogen and oxygen atoms in total. The fraction of sp³-hybridized carbons (Fsp3) is 0.231. The van der Waals surface area contributed by atoms with Crippen LogP contribution in [0.4, 0.5) is 4.39 Å². The Bertz CT molecular complexity index is 510. The third-order valence-corrected chi connectivity index (χ3v) is 3.47. The minimum absolute atomic E-state index is 0.246. The zero-order chi connectivity index (χ0) is 12.3. The number of thiophene rings is 1. The molecular weight excluding hydrogens is 237 g/mol. The molecule has 0 aliphatic carbocycles. The largest absolute Gasteiger partial charge is 0.496 e. The number of ether oxygens (including phenoxy) is 1. The van der Waals surface area contributed by atoms with Gasteiger partial charge in [-0.15, -0.1) is 11.3 Å². The zero-order valence-corrected chi connectivity index (χ0v) is 10.6. The Morgan fingerprint density at radius 2 is 2.18 bits per heavy atom. The van der Waals surface area contributed by atoms with Crippen molar-refractivity contribution in [1.82, 2.24) is 5.32 Å². The van der Waals surface area contributed by atoms with Gasteiger partial charge in [0.05, 0.1) is 7.11 Å². The van der Waals surface area contributed by atoms with Gasteiger partial charge in [0.15, 0.2) is 0 Å². The van der Waals surface area contributed by atoms with Crippen molar-refractivity contribution < 1.29 is 9.13 Å². The lowest BCUT2D eigenvalue weighted by Crippen LogP contribution is -2.03. The zero-order valence-electron chi connectivity index (χ0n) is 9.79. The lowest BCUT2D eigenvalue weighted by Gasteiger charge is -2.06. The quantitative estimate of drug-likeness (QED) is 0.900. The van der Waals surface area contributed by atoms with Gasteiger partial charge in [-0.2, -0.15) is 0 Å². The number of halogens is 1. The molecule has 17 heavy (non-hydrogen) atoms. The van der Waals surface area contributed by atoms with Crippen LogP contribution in [0.3, 0.4) is 0 Å². The lowest BCUT2D eigenvalue weighted by molar-refractivity contribution is 0.415. The van der Waals surface area contributed by atoms with Crippen LogP contribution in [-0.2, 0) is 6.54 Å². The number of hydrogen-bond donors (Lipinski definition) is 1. The second-order valence-corrected chi connectivity index (χ2v) is 4.61. The van der Waals surface area contributed by atoms with Gasteiger partial charge in [-0.25, -0.2) is 4.39 Å². The van der Waals surface area contributed by atoms with E-state index in [4.69, 9.17) is 4.74 Å². The van der Waals surface area contributed by atoms with Gasteiger partial charge >= 0.3 is 0 Å². The normalized spacial score (nSPS) is 10.5. The van der Waals surface area contributed by atoms with Crippen LogP contribution in [0.25, 0.3) is 10.4 Å². The highest BCUT2D eigenvalue weighted by atomic mass is 32.1. The molecule has 4 heteroatoms. The number of hydrogen-bond acceptors (Lipinski definition) is 3. The average Bonchev–Trinajstić information content (AvgIpc) is 2.78. The van der Waals surface area contributed by atoms with Crippen LogP contribution in [0.1, 0.15) is 5.56 Å². The third-order valence-electron chi connectivity index (χ3n) is 2.46. The van der Waals surface area contributed by atoms with Crippen molar-refractivity contribution in [2.45, 2.75) is 6.54 Å². The SMILES string of the molecule is CNCc1csc(-c2cc(F)ccc2OC)c1. The van der Waals surface area contributed by atoms with Gasteiger partial charge in [0.1, 0.15) is 11.6 Å². The highest BCUT2D eigenvalue weighted by Gasteiger charge is 2.09. The Hall–Kier alpha value is -1.39. The Labute approximate surface area is 104 Å². The Morgan fingerprint density at radius 1 is 1.35 bits per heavy atom. The molecule has 90 valence electrons. The van der Waals surface area contributed by atoms with Gasteiger partial charge in [0, 0.05) is 17.0 Å². The monoisotopic (exact) mass is 251 g/mol. The molecule has 0 atom stereocenters. The summed E-state index contributed by atoms with van der Waals surface area (Å²) >= 11 is 1.59. The molecule has 0 aliphatic rings. The van der Waals surface area contributed by atoms with Gasteiger partial charge in [-0.3, -0.25) is 0 Å². The molecule has 2 rings (SSSR count). The van der Waals surface area contributed by atoms with Crippen LogP contribution in [0.15, 0.2) is 29.6 Å². The van der Waals surface area contributed by atoms with E-state index in [-0.39, 0.29) is 5.82 Å². The number of benzene rings is 1. The second kappa shape index (κ2) is 5.29. The molecule has 1 aromatic carbocycles. The van der Waals surface area contributed by atoms with E-state index in [0.717, 1.165) is 17.0 Å². The molecule has 1 heterocycles. The Morgan fingerprint density at radius 3 is 2.88 bits per heavy atom. The first-order chi connectivity index (χ1) is 8.24. The topological polar surface area (TPSA) is 21.3 Å². The standard InChI is InChI=1S/C13H14FNOS/c1-15-7-9-5-13(17-8-9)11-6-10(14)3-4-12(11)16-2/h3-6,8,15H,7H2,1-2H3. The molecule has 0 saturated heterocycles.